The highest BCUT2D eigenvalue weighted by Gasteiger charge is 2.08. The average Bonchev–Trinajstić information content (AvgIpc) is 2.71. The molecule has 0 saturated carbocycles. The topological polar surface area (TPSA) is 4.93 Å². The van der Waals surface area contributed by atoms with Crippen LogP contribution in [-0.2, 0) is 6.54 Å². The second kappa shape index (κ2) is 3.99. The molecule has 1 nitrogen and oxygen atoms in total. The molecule has 17 heavy (non-hydrogen) atoms. The molecule has 1 aromatic heterocycles. The van der Waals surface area contributed by atoms with E-state index in [0.717, 1.165) is 13.0 Å². The van der Waals surface area contributed by atoms with Crippen LogP contribution in [0.2, 0.25) is 0 Å². The normalized spacial score (nSPS) is 10.8. The SMILES string of the molecule is C#CCCn1c2ccccc2c2ccccc21. The van der Waals surface area contributed by atoms with Gasteiger partial charge in [0.1, 0.15) is 0 Å². The van der Waals surface area contributed by atoms with Crippen molar-refractivity contribution in [3.63, 3.8) is 0 Å². The second-order valence-electron chi connectivity index (χ2n) is 4.14. The van der Waals surface area contributed by atoms with E-state index in [2.05, 4.69) is 59.0 Å². The van der Waals surface area contributed by atoms with E-state index in [1.807, 2.05) is 0 Å². The van der Waals surface area contributed by atoms with Crippen LogP contribution in [0.4, 0.5) is 0 Å². The van der Waals surface area contributed by atoms with Gasteiger partial charge < -0.3 is 4.57 Å². The Kier molecular flexibility index (Phi) is 2.34. The van der Waals surface area contributed by atoms with Crippen molar-refractivity contribution in [3.8, 4) is 12.3 Å². The molecule has 0 bridgehead atoms. The Morgan fingerprint density at radius 3 is 1.94 bits per heavy atom. The molecule has 0 aliphatic rings. The number of terminal acetylenes is 1. The van der Waals surface area contributed by atoms with Crippen LogP contribution in [0.3, 0.4) is 0 Å². The maximum Gasteiger partial charge on any atom is 0.0491 e. The molecule has 0 saturated heterocycles. The Morgan fingerprint density at radius 2 is 1.41 bits per heavy atom. The molecule has 1 heteroatoms. The lowest BCUT2D eigenvalue weighted by Gasteiger charge is -2.04. The molecule has 0 aliphatic heterocycles. The third-order valence-electron chi connectivity index (χ3n) is 3.16. The summed E-state index contributed by atoms with van der Waals surface area (Å²) in [6.45, 7) is 0.879. The number of para-hydroxylation sites is 2. The molecule has 0 spiro atoms. The van der Waals surface area contributed by atoms with Crippen molar-refractivity contribution in [3.05, 3.63) is 48.5 Å². The van der Waals surface area contributed by atoms with Crippen molar-refractivity contribution in [2.45, 2.75) is 13.0 Å². The van der Waals surface area contributed by atoms with Crippen molar-refractivity contribution in [1.82, 2.24) is 4.57 Å². The summed E-state index contributed by atoms with van der Waals surface area (Å²) >= 11 is 0. The van der Waals surface area contributed by atoms with Gasteiger partial charge in [-0.2, -0.15) is 0 Å². The van der Waals surface area contributed by atoms with Crippen molar-refractivity contribution in [2.75, 3.05) is 0 Å². The zero-order chi connectivity index (χ0) is 11.7. The van der Waals surface area contributed by atoms with Gasteiger partial charge in [-0.05, 0) is 12.1 Å². The monoisotopic (exact) mass is 219 g/mol. The Bertz CT molecular complexity index is 660. The molecular weight excluding hydrogens is 206 g/mol. The van der Waals surface area contributed by atoms with Crippen LogP contribution in [0.25, 0.3) is 21.8 Å². The summed E-state index contributed by atoms with van der Waals surface area (Å²) in [6.07, 6.45) is 6.14. The highest BCUT2D eigenvalue weighted by Crippen LogP contribution is 2.28. The van der Waals surface area contributed by atoms with Crippen LogP contribution in [-0.4, -0.2) is 4.57 Å². The van der Waals surface area contributed by atoms with Gasteiger partial charge >= 0.3 is 0 Å². The number of benzene rings is 2. The van der Waals surface area contributed by atoms with Crippen molar-refractivity contribution >= 4 is 21.8 Å². The molecule has 0 N–H and O–H groups in total. The molecule has 0 radical (unpaired) electrons. The molecule has 3 aromatic rings. The van der Waals surface area contributed by atoms with Gasteiger partial charge in [-0.3, -0.25) is 0 Å². The van der Waals surface area contributed by atoms with Crippen LogP contribution >= 0.6 is 0 Å². The molecule has 82 valence electrons. The number of hydrogen-bond donors (Lipinski definition) is 0. The minimum absolute atomic E-state index is 0.767. The first-order valence-corrected chi connectivity index (χ1v) is 5.81. The molecule has 0 unspecified atom stereocenters. The maximum absolute atomic E-state index is 5.37. The van der Waals surface area contributed by atoms with E-state index in [0.29, 0.717) is 0 Å². The van der Waals surface area contributed by atoms with Gasteiger partial charge in [0.05, 0.1) is 0 Å². The number of aromatic nitrogens is 1. The summed E-state index contributed by atoms with van der Waals surface area (Å²) in [5.74, 6) is 2.71. The molecule has 2 aromatic carbocycles. The first-order valence-electron chi connectivity index (χ1n) is 5.81. The van der Waals surface area contributed by atoms with E-state index in [-0.39, 0.29) is 0 Å². The quantitative estimate of drug-likeness (QED) is 0.577. The summed E-state index contributed by atoms with van der Waals surface area (Å²) in [7, 11) is 0. The lowest BCUT2D eigenvalue weighted by Crippen LogP contribution is -1.95. The van der Waals surface area contributed by atoms with E-state index in [4.69, 9.17) is 6.42 Å². The number of nitrogens with zero attached hydrogens (tertiary/aromatic N) is 1. The smallest absolute Gasteiger partial charge is 0.0491 e. The summed E-state index contributed by atoms with van der Waals surface area (Å²) in [5.41, 5.74) is 2.54. The Labute approximate surface area is 101 Å². The predicted octanol–water partition coefficient (Wildman–Crippen LogP) is 3.82. The minimum atomic E-state index is 0.767. The van der Waals surface area contributed by atoms with Crippen LogP contribution in [0.1, 0.15) is 6.42 Å². The van der Waals surface area contributed by atoms with Crippen molar-refractivity contribution in [1.29, 1.82) is 0 Å². The molecule has 0 amide bonds. The summed E-state index contributed by atoms with van der Waals surface area (Å²) < 4.78 is 2.31. The lowest BCUT2D eigenvalue weighted by atomic mass is 10.2. The number of hydrogen-bond acceptors (Lipinski definition) is 0. The Morgan fingerprint density at radius 1 is 0.882 bits per heavy atom. The van der Waals surface area contributed by atoms with Crippen LogP contribution in [0.5, 0.6) is 0 Å². The van der Waals surface area contributed by atoms with Gasteiger partial charge in [-0.15, -0.1) is 12.3 Å². The minimum Gasteiger partial charge on any atom is -0.340 e. The zero-order valence-electron chi connectivity index (χ0n) is 9.56. The zero-order valence-corrected chi connectivity index (χ0v) is 9.56. The van der Waals surface area contributed by atoms with Gasteiger partial charge in [0.25, 0.3) is 0 Å². The fraction of sp³-hybridized carbons (Fsp3) is 0.125. The van der Waals surface area contributed by atoms with E-state index in [1.54, 1.807) is 0 Å². The first-order chi connectivity index (χ1) is 8.42. The number of fused-ring (bicyclic) bond motifs is 3. The molecule has 3 rings (SSSR count). The second-order valence-corrected chi connectivity index (χ2v) is 4.14. The average molecular weight is 219 g/mol. The van der Waals surface area contributed by atoms with E-state index in [9.17, 15) is 0 Å². The Hall–Kier alpha value is -2.20. The van der Waals surface area contributed by atoms with Crippen LogP contribution < -0.4 is 0 Å². The number of aryl methyl sites for hydroxylation is 1. The standard InChI is InChI=1S/C16H13N/c1-2-3-12-17-15-10-6-4-8-13(15)14-9-5-7-11-16(14)17/h1,4-11H,3,12H2. The number of rotatable bonds is 2. The fourth-order valence-corrected chi connectivity index (χ4v) is 2.42. The largest absolute Gasteiger partial charge is 0.340 e. The molecule has 0 aliphatic carbocycles. The van der Waals surface area contributed by atoms with Gasteiger partial charge in [0.2, 0.25) is 0 Å². The van der Waals surface area contributed by atoms with Crippen molar-refractivity contribution in [2.24, 2.45) is 0 Å². The summed E-state index contributed by atoms with van der Waals surface area (Å²) in [6, 6.07) is 17.0. The predicted molar refractivity (Wildman–Crippen MR) is 72.9 cm³/mol. The third kappa shape index (κ3) is 1.50. The fourth-order valence-electron chi connectivity index (χ4n) is 2.42. The van der Waals surface area contributed by atoms with Crippen LogP contribution in [0, 0.1) is 12.3 Å². The molecule has 0 atom stereocenters. The van der Waals surface area contributed by atoms with E-state index < -0.39 is 0 Å². The maximum atomic E-state index is 5.37. The van der Waals surface area contributed by atoms with Crippen molar-refractivity contribution < 1.29 is 0 Å². The van der Waals surface area contributed by atoms with Gasteiger partial charge in [-0.25, -0.2) is 0 Å². The molecular formula is C16H13N. The lowest BCUT2D eigenvalue weighted by molar-refractivity contribution is 0.774. The van der Waals surface area contributed by atoms with Gasteiger partial charge in [0, 0.05) is 34.8 Å². The third-order valence-corrected chi connectivity index (χ3v) is 3.16. The highest BCUT2D eigenvalue weighted by atomic mass is 15.0. The van der Waals surface area contributed by atoms with Gasteiger partial charge in [0.15, 0.2) is 0 Å². The first kappa shape index (κ1) is 9.99. The highest BCUT2D eigenvalue weighted by molar-refractivity contribution is 6.07. The summed E-state index contributed by atoms with van der Waals surface area (Å²) in [5, 5.41) is 2.61. The summed E-state index contributed by atoms with van der Waals surface area (Å²) in [4.78, 5) is 0. The Balaban J connectivity index is 2.38. The molecule has 1 heterocycles. The van der Waals surface area contributed by atoms with E-state index >= 15 is 0 Å². The van der Waals surface area contributed by atoms with E-state index in [1.165, 1.54) is 21.8 Å². The molecule has 0 fully saturated rings. The van der Waals surface area contributed by atoms with Gasteiger partial charge in [-0.1, -0.05) is 36.4 Å². The van der Waals surface area contributed by atoms with Crippen LogP contribution in [0.15, 0.2) is 48.5 Å².